The maximum absolute atomic E-state index is 13.3. The summed E-state index contributed by atoms with van der Waals surface area (Å²) in [7, 11) is 0. The number of aromatic nitrogens is 2. The van der Waals surface area contributed by atoms with E-state index in [9.17, 15) is 14.9 Å². The Bertz CT molecular complexity index is 1760. The molecular weight excluding hydrogens is 548 g/mol. The molecule has 0 amide bonds. The van der Waals surface area contributed by atoms with E-state index in [4.69, 9.17) is 4.74 Å². The molecule has 1 aromatic heterocycles. The van der Waals surface area contributed by atoms with Crippen molar-refractivity contribution in [3.8, 4) is 5.75 Å². The largest absolute Gasteiger partial charge is 0.488 e. The third kappa shape index (κ3) is 5.19. The average molecular weight is 571 g/mol. The number of nitro groups is 1. The molecule has 0 atom stereocenters. The minimum absolute atomic E-state index is 0.106. The van der Waals surface area contributed by atoms with Crippen LogP contribution in [0.3, 0.4) is 0 Å². The average Bonchev–Trinajstić information content (AvgIpc) is 2.92. The van der Waals surface area contributed by atoms with Gasteiger partial charge in [0.2, 0.25) is 0 Å². The molecule has 0 unspecified atom stereocenters. The second kappa shape index (κ2) is 10.9. The smallest absolute Gasteiger partial charge is 0.282 e. The van der Waals surface area contributed by atoms with Gasteiger partial charge in [0, 0.05) is 28.6 Å². The lowest BCUT2D eigenvalue weighted by atomic mass is 10.1. The van der Waals surface area contributed by atoms with Gasteiger partial charge in [-0.05, 0) is 47.0 Å². The van der Waals surface area contributed by atoms with E-state index in [1.165, 1.54) is 23.0 Å². The summed E-state index contributed by atoms with van der Waals surface area (Å²) in [6.45, 7) is 2.25. The van der Waals surface area contributed by atoms with Crippen LogP contribution in [0.2, 0.25) is 0 Å². The molecule has 1 heterocycles. The number of fused-ring (bicyclic) bond motifs is 2. The molecule has 0 bridgehead atoms. The molecule has 5 rings (SSSR count). The lowest BCUT2D eigenvalue weighted by Gasteiger charge is -2.12. The van der Waals surface area contributed by atoms with Crippen LogP contribution in [0.15, 0.2) is 93.2 Å². The highest BCUT2D eigenvalue weighted by Gasteiger charge is 2.14. The van der Waals surface area contributed by atoms with Crippen LogP contribution in [0.25, 0.3) is 21.7 Å². The van der Waals surface area contributed by atoms with E-state index in [1.54, 1.807) is 18.2 Å². The molecule has 5 aromatic rings. The third-order valence-electron chi connectivity index (χ3n) is 6.13. The molecule has 0 radical (unpaired) electrons. The number of nitro benzene ring substituents is 1. The number of nitrogens with zero attached hydrogens (tertiary/aromatic N) is 4. The molecule has 4 aromatic carbocycles. The van der Waals surface area contributed by atoms with Gasteiger partial charge in [0.05, 0.1) is 22.0 Å². The van der Waals surface area contributed by atoms with E-state index >= 15 is 0 Å². The Balaban J connectivity index is 1.55. The molecule has 0 spiro atoms. The van der Waals surface area contributed by atoms with Crippen LogP contribution in [0.4, 0.5) is 5.69 Å². The van der Waals surface area contributed by atoms with Gasteiger partial charge in [0.25, 0.3) is 11.2 Å². The van der Waals surface area contributed by atoms with E-state index in [1.807, 2.05) is 55.5 Å². The predicted molar refractivity (Wildman–Crippen MR) is 152 cm³/mol. The number of benzene rings is 4. The van der Waals surface area contributed by atoms with Crippen molar-refractivity contribution in [2.24, 2.45) is 5.10 Å². The molecule has 0 aliphatic heterocycles. The molecule has 0 aliphatic carbocycles. The van der Waals surface area contributed by atoms with Gasteiger partial charge in [0.15, 0.2) is 0 Å². The van der Waals surface area contributed by atoms with Crippen molar-refractivity contribution in [1.82, 2.24) is 9.66 Å². The van der Waals surface area contributed by atoms with Crippen molar-refractivity contribution in [3.05, 3.63) is 121 Å². The van der Waals surface area contributed by atoms with Gasteiger partial charge in [-0.1, -0.05) is 65.3 Å². The van der Waals surface area contributed by atoms with Gasteiger partial charge in [-0.2, -0.15) is 9.78 Å². The van der Waals surface area contributed by atoms with Crippen molar-refractivity contribution >= 4 is 49.5 Å². The van der Waals surface area contributed by atoms with E-state index in [0.717, 1.165) is 27.2 Å². The minimum Gasteiger partial charge on any atom is -0.488 e. The standard InChI is InChI=1S/C29H23BrN4O4/c1-2-6-28-32-26-13-11-22(30)16-25(26)29(35)33(28)31-17-21-15-23(34(36)37)12-14-27(21)38-18-20-9-5-8-19-7-3-4-10-24(19)20/h3-5,7-17H,2,6,18H2,1H3. The lowest BCUT2D eigenvalue weighted by molar-refractivity contribution is -0.384. The first-order chi connectivity index (χ1) is 18.4. The number of ether oxygens (including phenoxy) is 1. The Hall–Kier alpha value is -4.37. The van der Waals surface area contributed by atoms with E-state index < -0.39 is 4.92 Å². The Morgan fingerprint density at radius 2 is 1.87 bits per heavy atom. The first-order valence-electron chi connectivity index (χ1n) is 12.1. The van der Waals surface area contributed by atoms with Crippen LogP contribution >= 0.6 is 15.9 Å². The van der Waals surface area contributed by atoms with Crippen LogP contribution in [-0.2, 0) is 13.0 Å². The number of hydrogen-bond acceptors (Lipinski definition) is 6. The van der Waals surface area contributed by atoms with Crippen LogP contribution in [0.1, 0.15) is 30.3 Å². The molecule has 0 fully saturated rings. The summed E-state index contributed by atoms with van der Waals surface area (Å²) in [6.07, 6.45) is 2.72. The maximum atomic E-state index is 13.3. The number of non-ortho nitro benzene ring substituents is 1. The zero-order chi connectivity index (χ0) is 26.6. The number of rotatable bonds is 8. The highest BCUT2D eigenvalue weighted by Crippen LogP contribution is 2.26. The number of aryl methyl sites for hydroxylation is 1. The summed E-state index contributed by atoms with van der Waals surface area (Å²) in [5.41, 5.74) is 1.52. The fourth-order valence-electron chi connectivity index (χ4n) is 4.27. The predicted octanol–water partition coefficient (Wildman–Crippen LogP) is 6.63. The maximum Gasteiger partial charge on any atom is 0.282 e. The van der Waals surface area contributed by atoms with Crippen molar-refractivity contribution < 1.29 is 9.66 Å². The van der Waals surface area contributed by atoms with Gasteiger partial charge in [-0.3, -0.25) is 14.9 Å². The Kier molecular flexibility index (Phi) is 7.28. The van der Waals surface area contributed by atoms with E-state index in [2.05, 4.69) is 26.0 Å². The van der Waals surface area contributed by atoms with Crippen molar-refractivity contribution in [2.45, 2.75) is 26.4 Å². The highest BCUT2D eigenvalue weighted by atomic mass is 79.9. The molecule has 9 heteroatoms. The van der Waals surface area contributed by atoms with Gasteiger partial charge < -0.3 is 4.74 Å². The fourth-order valence-corrected chi connectivity index (χ4v) is 4.64. The van der Waals surface area contributed by atoms with Crippen LogP contribution in [-0.4, -0.2) is 20.8 Å². The Labute approximate surface area is 226 Å². The van der Waals surface area contributed by atoms with Crippen LogP contribution < -0.4 is 10.3 Å². The van der Waals surface area contributed by atoms with Crippen LogP contribution in [0, 0.1) is 10.1 Å². The van der Waals surface area contributed by atoms with Crippen LogP contribution in [0.5, 0.6) is 5.75 Å². The monoisotopic (exact) mass is 570 g/mol. The first-order valence-corrected chi connectivity index (χ1v) is 12.9. The molecule has 190 valence electrons. The fraction of sp³-hybridized carbons (Fsp3) is 0.138. The Morgan fingerprint density at radius 1 is 1.05 bits per heavy atom. The van der Waals surface area contributed by atoms with Crippen molar-refractivity contribution in [3.63, 3.8) is 0 Å². The quantitative estimate of drug-likeness (QED) is 0.118. The molecule has 8 nitrogen and oxygen atoms in total. The molecule has 38 heavy (non-hydrogen) atoms. The SMILES string of the molecule is CCCc1nc2ccc(Br)cc2c(=O)n1N=Cc1cc([N+](=O)[O-])ccc1OCc1cccc2ccccc12. The third-order valence-corrected chi connectivity index (χ3v) is 6.62. The minimum atomic E-state index is -0.477. The Morgan fingerprint density at radius 3 is 2.68 bits per heavy atom. The summed E-state index contributed by atoms with van der Waals surface area (Å²) in [4.78, 5) is 29.0. The normalized spacial score (nSPS) is 11.4. The first kappa shape index (κ1) is 25.3. The number of halogens is 1. The topological polar surface area (TPSA) is 99.6 Å². The second-order valence-corrected chi connectivity index (χ2v) is 9.62. The summed E-state index contributed by atoms with van der Waals surface area (Å²) in [6, 6.07) is 23.6. The van der Waals surface area contributed by atoms with Gasteiger partial charge in [-0.25, -0.2) is 4.98 Å². The van der Waals surface area contributed by atoms with E-state index in [0.29, 0.717) is 34.5 Å². The molecular formula is C29H23BrN4O4. The van der Waals surface area contributed by atoms with Gasteiger partial charge in [0.1, 0.15) is 18.2 Å². The highest BCUT2D eigenvalue weighted by molar-refractivity contribution is 9.10. The zero-order valence-corrected chi connectivity index (χ0v) is 22.1. The second-order valence-electron chi connectivity index (χ2n) is 8.71. The summed E-state index contributed by atoms with van der Waals surface area (Å²) >= 11 is 3.40. The molecule has 0 saturated carbocycles. The molecule has 0 N–H and O–H groups in total. The number of hydrogen-bond donors (Lipinski definition) is 0. The molecule has 0 saturated heterocycles. The van der Waals surface area contributed by atoms with Gasteiger partial charge >= 0.3 is 0 Å². The summed E-state index contributed by atoms with van der Waals surface area (Å²) < 4.78 is 8.14. The van der Waals surface area contributed by atoms with E-state index in [-0.39, 0.29) is 17.9 Å². The summed E-state index contributed by atoms with van der Waals surface area (Å²) in [5, 5.41) is 18.5. The summed E-state index contributed by atoms with van der Waals surface area (Å²) in [5.74, 6) is 0.918. The van der Waals surface area contributed by atoms with Gasteiger partial charge in [-0.15, -0.1) is 0 Å². The zero-order valence-electron chi connectivity index (χ0n) is 20.5. The van der Waals surface area contributed by atoms with Crippen molar-refractivity contribution in [1.29, 1.82) is 0 Å². The van der Waals surface area contributed by atoms with Crippen molar-refractivity contribution in [2.75, 3.05) is 0 Å². The lowest BCUT2D eigenvalue weighted by Crippen LogP contribution is -2.22. The molecule has 0 aliphatic rings.